The molecule has 1 aromatic rings. The van der Waals surface area contributed by atoms with E-state index in [0.29, 0.717) is 5.25 Å². The highest BCUT2D eigenvalue weighted by Gasteiger charge is 2.08. The van der Waals surface area contributed by atoms with Gasteiger partial charge in [0.1, 0.15) is 0 Å². The Hall–Kier alpha value is -0.510. The van der Waals surface area contributed by atoms with Crippen LogP contribution in [0.1, 0.15) is 25.7 Å². The first-order chi connectivity index (χ1) is 7.17. The monoisotopic (exact) mass is 226 g/mol. The third kappa shape index (κ3) is 3.86. The van der Waals surface area contributed by atoms with Crippen LogP contribution in [0.4, 0.5) is 0 Å². The van der Waals surface area contributed by atoms with Crippen molar-refractivity contribution in [2.45, 2.75) is 30.3 Å². The molecule has 0 atom stereocenters. The van der Waals surface area contributed by atoms with Gasteiger partial charge in [0, 0.05) is 29.9 Å². The lowest BCUT2D eigenvalue weighted by atomic mass is 10.2. The third-order valence-corrected chi connectivity index (χ3v) is 2.97. The van der Waals surface area contributed by atoms with Crippen LogP contribution >= 0.6 is 11.8 Å². The molecular formula is C12H18O2S. The molecule has 0 radical (unpaired) electrons. The fraction of sp³-hybridized carbons (Fsp3) is 0.500. The molecule has 84 valence electrons. The zero-order chi connectivity index (χ0) is 11.3. The Morgan fingerprint density at radius 1 is 1.00 bits per heavy atom. The van der Waals surface area contributed by atoms with Crippen molar-refractivity contribution in [1.29, 1.82) is 0 Å². The molecular weight excluding hydrogens is 208 g/mol. The second kappa shape index (κ2) is 6.16. The van der Waals surface area contributed by atoms with Crippen LogP contribution in [0.15, 0.2) is 29.2 Å². The van der Waals surface area contributed by atoms with E-state index in [1.807, 2.05) is 23.9 Å². The minimum Gasteiger partial charge on any atom is -0.352 e. The summed E-state index contributed by atoms with van der Waals surface area (Å²) in [6.07, 6.45) is -0.261. The zero-order valence-corrected chi connectivity index (χ0v) is 10.5. The van der Waals surface area contributed by atoms with Gasteiger partial charge in [0.2, 0.25) is 0 Å². The van der Waals surface area contributed by atoms with Crippen LogP contribution in [0, 0.1) is 0 Å². The van der Waals surface area contributed by atoms with Gasteiger partial charge in [-0.05, 0) is 12.1 Å². The lowest BCUT2D eigenvalue weighted by Gasteiger charge is -2.14. The second-order valence-electron chi connectivity index (χ2n) is 3.54. The van der Waals surface area contributed by atoms with Gasteiger partial charge in [0.25, 0.3) is 0 Å². The molecule has 0 aromatic heterocycles. The predicted molar refractivity (Wildman–Crippen MR) is 64.2 cm³/mol. The minimum atomic E-state index is -0.261. The molecule has 1 rings (SSSR count). The number of rotatable bonds is 5. The number of methoxy groups -OCH3 is 2. The van der Waals surface area contributed by atoms with E-state index in [2.05, 4.69) is 26.0 Å². The molecule has 0 fully saturated rings. The van der Waals surface area contributed by atoms with Crippen molar-refractivity contribution < 1.29 is 9.47 Å². The van der Waals surface area contributed by atoms with E-state index >= 15 is 0 Å². The van der Waals surface area contributed by atoms with E-state index in [-0.39, 0.29) is 6.29 Å². The highest BCUT2D eigenvalue weighted by atomic mass is 32.2. The van der Waals surface area contributed by atoms with E-state index in [4.69, 9.17) is 9.47 Å². The molecule has 0 amide bonds. The summed E-state index contributed by atoms with van der Waals surface area (Å²) >= 11 is 1.85. The standard InChI is InChI=1S/C12H18O2S/c1-9(2)15-11-7-5-10(6-8-11)12(13-3)14-4/h5-9,12H,1-4H3. The van der Waals surface area contributed by atoms with Crippen molar-refractivity contribution in [3.63, 3.8) is 0 Å². The summed E-state index contributed by atoms with van der Waals surface area (Å²) in [5, 5.41) is 0.608. The average Bonchev–Trinajstić information content (AvgIpc) is 2.21. The van der Waals surface area contributed by atoms with Crippen LogP contribution in [0.3, 0.4) is 0 Å². The molecule has 0 heterocycles. The Bertz CT molecular complexity index is 278. The molecule has 0 N–H and O–H groups in total. The van der Waals surface area contributed by atoms with E-state index in [1.54, 1.807) is 14.2 Å². The van der Waals surface area contributed by atoms with Gasteiger partial charge in [-0.3, -0.25) is 0 Å². The molecule has 15 heavy (non-hydrogen) atoms. The smallest absolute Gasteiger partial charge is 0.183 e. The van der Waals surface area contributed by atoms with Crippen molar-refractivity contribution in [2.24, 2.45) is 0 Å². The average molecular weight is 226 g/mol. The molecule has 0 aliphatic carbocycles. The zero-order valence-electron chi connectivity index (χ0n) is 9.69. The summed E-state index contributed by atoms with van der Waals surface area (Å²) in [6, 6.07) is 8.29. The first-order valence-corrected chi connectivity index (χ1v) is 5.87. The lowest BCUT2D eigenvalue weighted by molar-refractivity contribution is -0.106. The Labute approximate surface area is 96.0 Å². The maximum Gasteiger partial charge on any atom is 0.183 e. The summed E-state index contributed by atoms with van der Waals surface area (Å²) in [7, 11) is 3.29. The van der Waals surface area contributed by atoms with E-state index in [1.165, 1.54) is 4.90 Å². The number of thioether (sulfide) groups is 1. The molecule has 1 aromatic carbocycles. The molecule has 0 aliphatic heterocycles. The summed E-state index contributed by atoms with van der Waals surface area (Å²) in [4.78, 5) is 1.28. The maximum absolute atomic E-state index is 5.18. The lowest BCUT2D eigenvalue weighted by Crippen LogP contribution is -2.03. The van der Waals surface area contributed by atoms with Crippen molar-refractivity contribution in [3.05, 3.63) is 29.8 Å². The van der Waals surface area contributed by atoms with Gasteiger partial charge < -0.3 is 9.47 Å². The van der Waals surface area contributed by atoms with Crippen LogP contribution in [0.5, 0.6) is 0 Å². The molecule has 0 aliphatic rings. The SMILES string of the molecule is COC(OC)c1ccc(SC(C)C)cc1. The third-order valence-electron chi connectivity index (χ3n) is 1.95. The van der Waals surface area contributed by atoms with Crippen LogP contribution in [-0.2, 0) is 9.47 Å². The fourth-order valence-electron chi connectivity index (χ4n) is 1.34. The van der Waals surface area contributed by atoms with Gasteiger partial charge in [-0.15, -0.1) is 11.8 Å². The normalized spacial score (nSPS) is 11.3. The van der Waals surface area contributed by atoms with Crippen LogP contribution in [0.25, 0.3) is 0 Å². The van der Waals surface area contributed by atoms with Gasteiger partial charge >= 0.3 is 0 Å². The molecule has 0 bridgehead atoms. The van der Waals surface area contributed by atoms with Crippen LogP contribution < -0.4 is 0 Å². The van der Waals surface area contributed by atoms with Gasteiger partial charge in [0.15, 0.2) is 6.29 Å². The molecule has 3 heteroatoms. The van der Waals surface area contributed by atoms with Crippen molar-refractivity contribution in [1.82, 2.24) is 0 Å². The van der Waals surface area contributed by atoms with Crippen molar-refractivity contribution in [3.8, 4) is 0 Å². The molecule has 0 unspecified atom stereocenters. The first-order valence-electron chi connectivity index (χ1n) is 4.99. The van der Waals surface area contributed by atoms with Gasteiger partial charge in [-0.1, -0.05) is 26.0 Å². The number of ether oxygens (including phenoxy) is 2. The highest BCUT2D eigenvalue weighted by molar-refractivity contribution is 7.99. The van der Waals surface area contributed by atoms with Crippen LogP contribution in [0.2, 0.25) is 0 Å². The Morgan fingerprint density at radius 2 is 1.53 bits per heavy atom. The molecule has 0 saturated carbocycles. The highest BCUT2D eigenvalue weighted by Crippen LogP contribution is 2.25. The molecule has 2 nitrogen and oxygen atoms in total. The molecule has 0 saturated heterocycles. The number of hydrogen-bond donors (Lipinski definition) is 0. The largest absolute Gasteiger partial charge is 0.352 e. The number of benzene rings is 1. The Morgan fingerprint density at radius 3 is 1.93 bits per heavy atom. The van der Waals surface area contributed by atoms with E-state index < -0.39 is 0 Å². The van der Waals surface area contributed by atoms with E-state index in [9.17, 15) is 0 Å². The summed E-state index contributed by atoms with van der Waals surface area (Å²) in [5.41, 5.74) is 1.05. The quantitative estimate of drug-likeness (QED) is 0.565. The van der Waals surface area contributed by atoms with Crippen molar-refractivity contribution in [2.75, 3.05) is 14.2 Å². The van der Waals surface area contributed by atoms with Gasteiger partial charge in [-0.25, -0.2) is 0 Å². The second-order valence-corrected chi connectivity index (χ2v) is 5.19. The Balaban J connectivity index is 2.71. The molecule has 0 spiro atoms. The van der Waals surface area contributed by atoms with Crippen molar-refractivity contribution >= 4 is 11.8 Å². The summed E-state index contributed by atoms with van der Waals surface area (Å²) in [6.45, 7) is 4.37. The Kier molecular flexibility index (Phi) is 5.15. The first kappa shape index (κ1) is 12.6. The van der Waals surface area contributed by atoms with Gasteiger partial charge in [0.05, 0.1) is 0 Å². The minimum absolute atomic E-state index is 0.261. The topological polar surface area (TPSA) is 18.5 Å². The fourth-order valence-corrected chi connectivity index (χ4v) is 2.18. The summed E-state index contributed by atoms with van der Waals surface area (Å²) < 4.78 is 10.4. The van der Waals surface area contributed by atoms with Gasteiger partial charge in [-0.2, -0.15) is 0 Å². The maximum atomic E-state index is 5.18. The predicted octanol–water partition coefficient (Wildman–Crippen LogP) is 3.48. The van der Waals surface area contributed by atoms with E-state index in [0.717, 1.165) is 5.56 Å². The number of hydrogen-bond acceptors (Lipinski definition) is 3. The van der Waals surface area contributed by atoms with Crippen LogP contribution in [-0.4, -0.2) is 19.5 Å². The summed E-state index contributed by atoms with van der Waals surface area (Å²) in [5.74, 6) is 0.